The molecule has 2 aromatic heterocycles. The van der Waals surface area contributed by atoms with Gasteiger partial charge in [-0.3, -0.25) is 9.48 Å². The Labute approximate surface area is 159 Å². The van der Waals surface area contributed by atoms with Crippen molar-refractivity contribution < 1.29 is 4.79 Å². The second-order valence-electron chi connectivity index (χ2n) is 6.65. The van der Waals surface area contributed by atoms with E-state index in [0.717, 1.165) is 23.1 Å². The van der Waals surface area contributed by atoms with Crippen molar-refractivity contribution in [3.63, 3.8) is 0 Å². The molecule has 9 heteroatoms. The first-order valence-electron chi connectivity index (χ1n) is 8.61. The lowest BCUT2D eigenvalue weighted by molar-refractivity contribution is -0.122. The quantitative estimate of drug-likeness (QED) is 0.621. The number of nitrogens with one attached hydrogen (secondary N) is 2. The fourth-order valence-corrected chi connectivity index (χ4v) is 4.13. The number of aromatic nitrogens is 4. The Bertz CT molecular complexity index is 865. The fourth-order valence-electron chi connectivity index (χ4n) is 3.82. The van der Waals surface area contributed by atoms with E-state index in [1.807, 2.05) is 17.8 Å². The lowest BCUT2D eigenvalue weighted by Crippen LogP contribution is -2.41. The lowest BCUT2D eigenvalue weighted by Gasteiger charge is -2.27. The molecule has 2 aromatic rings. The van der Waals surface area contributed by atoms with E-state index in [-0.39, 0.29) is 23.8 Å². The lowest BCUT2D eigenvalue weighted by atomic mass is 9.88. The van der Waals surface area contributed by atoms with Crippen LogP contribution in [0.25, 0.3) is 0 Å². The number of carbonyl (C=O) groups excluding carboxylic acids is 1. The third-order valence-corrected chi connectivity index (χ3v) is 5.63. The van der Waals surface area contributed by atoms with E-state index in [9.17, 15) is 4.79 Å². The highest BCUT2D eigenvalue weighted by molar-refractivity contribution is 9.10. The molecule has 0 aromatic carbocycles. The molecule has 0 spiro atoms. The smallest absolute Gasteiger partial charge is 0.229 e. The number of hydrogen-bond acceptors (Lipinski definition) is 6. The molecule has 4 atom stereocenters. The average molecular weight is 418 g/mol. The largest absolute Gasteiger partial charge is 0.369 e. The molecule has 2 aliphatic rings. The third kappa shape index (κ3) is 3.07. The molecule has 26 heavy (non-hydrogen) atoms. The van der Waals surface area contributed by atoms with Crippen LogP contribution in [0.15, 0.2) is 35.2 Å². The van der Waals surface area contributed by atoms with E-state index >= 15 is 0 Å². The number of nitrogens with two attached hydrogens (primary N) is 1. The maximum atomic E-state index is 11.9. The van der Waals surface area contributed by atoms with E-state index in [4.69, 9.17) is 5.73 Å². The number of rotatable bonds is 6. The third-order valence-electron chi connectivity index (χ3n) is 5.05. The van der Waals surface area contributed by atoms with Crippen molar-refractivity contribution in [2.75, 3.05) is 10.6 Å². The molecule has 1 fully saturated rings. The Morgan fingerprint density at radius 3 is 2.92 bits per heavy atom. The maximum absolute atomic E-state index is 11.9. The summed E-state index contributed by atoms with van der Waals surface area (Å²) in [6.45, 7) is 2.82. The SMILES string of the molecule is CCn1cc(Nc2ncc(Br)c(N[C@@H]3[C@H](C(N)=O)[C@@H]4C=C[C@@H]3C4)n2)cn1. The highest BCUT2D eigenvalue weighted by Crippen LogP contribution is 2.45. The Morgan fingerprint density at radius 1 is 1.38 bits per heavy atom. The van der Waals surface area contributed by atoms with E-state index in [2.05, 4.69) is 53.8 Å². The molecule has 0 radical (unpaired) electrons. The van der Waals surface area contributed by atoms with Gasteiger partial charge in [-0.2, -0.15) is 10.1 Å². The molecule has 0 unspecified atom stereocenters. The monoisotopic (exact) mass is 417 g/mol. The number of aryl methyl sites for hydroxylation is 1. The van der Waals surface area contributed by atoms with Crippen LogP contribution >= 0.6 is 15.9 Å². The van der Waals surface area contributed by atoms with Crippen molar-refractivity contribution in [2.24, 2.45) is 23.5 Å². The van der Waals surface area contributed by atoms with Gasteiger partial charge in [0.1, 0.15) is 5.82 Å². The predicted molar refractivity (Wildman–Crippen MR) is 102 cm³/mol. The summed E-state index contributed by atoms with van der Waals surface area (Å²) in [6, 6.07) is -0.0515. The van der Waals surface area contributed by atoms with Gasteiger partial charge in [-0.1, -0.05) is 12.2 Å². The number of anilines is 3. The zero-order valence-electron chi connectivity index (χ0n) is 14.3. The Morgan fingerprint density at radius 2 is 2.19 bits per heavy atom. The molecule has 136 valence electrons. The molecular weight excluding hydrogens is 398 g/mol. The molecule has 4 N–H and O–H groups in total. The van der Waals surface area contributed by atoms with Crippen LogP contribution in [0, 0.1) is 17.8 Å². The molecular formula is C17H20BrN7O. The van der Waals surface area contributed by atoms with E-state index in [1.54, 1.807) is 12.4 Å². The second kappa shape index (κ2) is 6.71. The predicted octanol–water partition coefficient (Wildman–Crippen LogP) is 2.29. The normalized spacial score (nSPS) is 26.2. The van der Waals surface area contributed by atoms with Crippen molar-refractivity contribution in [1.29, 1.82) is 0 Å². The molecule has 1 amide bonds. The van der Waals surface area contributed by atoms with Crippen LogP contribution in [0.2, 0.25) is 0 Å². The summed E-state index contributed by atoms with van der Waals surface area (Å²) in [5, 5.41) is 10.8. The highest BCUT2D eigenvalue weighted by Gasteiger charge is 2.47. The second-order valence-corrected chi connectivity index (χ2v) is 7.50. The number of fused-ring (bicyclic) bond motifs is 2. The first kappa shape index (κ1) is 17.0. The van der Waals surface area contributed by atoms with Gasteiger partial charge in [0.2, 0.25) is 11.9 Å². The van der Waals surface area contributed by atoms with Crippen molar-refractivity contribution in [1.82, 2.24) is 19.7 Å². The summed E-state index contributed by atoms with van der Waals surface area (Å²) >= 11 is 3.48. The summed E-state index contributed by atoms with van der Waals surface area (Å²) in [7, 11) is 0. The van der Waals surface area contributed by atoms with Crippen molar-refractivity contribution in [3.05, 3.63) is 35.2 Å². The van der Waals surface area contributed by atoms with Gasteiger partial charge in [-0.15, -0.1) is 0 Å². The average Bonchev–Trinajstić information content (AvgIpc) is 3.33. The van der Waals surface area contributed by atoms with Crippen molar-refractivity contribution in [3.8, 4) is 0 Å². The van der Waals surface area contributed by atoms with Gasteiger partial charge >= 0.3 is 0 Å². The van der Waals surface area contributed by atoms with Crippen molar-refractivity contribution >= 4 is 39.3 Å². The number of carbonyl (C=O) groups is 1. The van der Waals surface area contributed by atoms with E-state index in [1.165, 1.54) is 0 Å². The van der Waals surface area contributed by atoms with Crippen LogP contribution in [-0.4, -0.2) is 31.7 Å². The number of amides is 1. The van der Waals surface area contributed by atoms with Crippen LogP contribution in [0.3, 0.4) is 0 Å². The standard InChI is InChI=1S/C17H20BrN7O/c1-2-25-8-11(6-21-25)22-17-20-7-12(18)16(24-17)23-14-10-4-3-9(5-10)13(14)15(19)26/h3-4,6-10,13-14H,2,5H2,1H3,(H2,19,26)(H2,20,22,23,24)/t9-,10-,13-,14+/m1/s1. The van der Waals surface area contributed by atoms with Crippen LogP contribution < -0.4 is 16.4 Å². The van der Waals surface area contributed by atoms with Gasteiger partial charge in [-0.05, 0) is 41.1 Å². The van der Waals surface area contributed by atoms with Crippen LogP contribution in [0.5, 0.6) is 0 Å². The maximum Gasteiger partial charge on any atom is 0.229 e. The summed E-state index contributed by atoms with van der Waals surface area (Å²) in [4.78, 5) is 20.7. The van der Waals surface area contributed by atoms with Crippen LogP contribution in [0.4, 0.5) is 17.5 Å². The molecule has 2 aliphatic carbocycles. The topological polar surface area (TPSA) is 111 Å². The Kier molecular flexibility index (Phi) is 4.39. The zero-order chi connectivity index (χ0) is 18.3. The molecule has 2 heterocycles. The fraction of sp³-hybridized carbons (Fsp3) is 0.412. The van der Waals surface area contributed by atoms with E-state index in [0.29, 0.717) is 17.7 Å². The van der Waals surface area contributed by atoms with Crippen LogP contribution in [0.1, 0.15) is 13.3 Å². The number of halogens is 1. The number of nitrogens with zero attached hydrogens (tertiary/aromatic N) is 4. The van der Waals surface area contributed by atoms with Gasteiger partial charge in [0.05, 0.1) is 22.3 Å². The zero-order valence-corrected chi connectivity index (χ0v) is 15.8. The summed E-state index contributed by atoms with van der Waals surface area (Å²) < 4.78 is 2.56. The molecule has 4 rings (SSSR count). The molecule has 0 aliphatic heterocycles. The first-order chi connectivity index (χ1) is 12.5. The minimum atomic E-state index is -0.269. The molecule has 1 saturated carbocycles. The molecule has 8 nitrogen and oxygen atoms in total. The van der Waals surface area contributed by atoms with Crippen molar-refractivity contribution in [2.45, 2.75) is 25.9 Å². The van der Waals surface area contributed by atoms with Gasteiger partial charge in [-0.25, -0.2) is 4.98 Å². The molecule has 0 saturated heterocycles. The molecule has 2 bridgehead atoms. The minimum Gasteiger partial charge on any atom is -0.369 e. The Balaban J connectivity index is 1.55. The van der Waals surface area contributed by atoms with Gasteiger partial charge in [0.15, 0.2) is 0 Å². The van der Waals surface area contributed by atoms with Gasteiger partial charge in [0.25, 0.3) is 0 Å². The first-order valence-corrected chi connectivity index (χ1v) is 9.40. The van der Waals surface area contributed by atoms with Gasteiger partial charge < -0.3 is 16.4 Å². The summed E-state index contributed by atoms with van der Waals surface area (Å²) in [5.41, 5.74) is 6.45. The number of hydrogen-bond donors (Lipinski definition) is 3. The minimum absolute atomic E-state index is 0.0515. The van der Waals surface area contributed by atoms with Crippen LogP contribution in [-0.2, 0) is 11.3 Å². The summed E-state index contributed by atoms with van der Waals surface area (Å²) in [6.07, 6.45) is 10.5. The Hall–Kier alpha value is -2.42. The number of allylic oxidation sites excluding steroid dienone is 1. The highest BCUT2D eigenvalue weighted by atomic mass is 79.9. The van der Waals surface area contributed by atoms with Gasteiger partial charge in [0, 0.05) is 25.0 Å². The van der Waals surface area contributed by atoms with E-state index < -0.39 is 0 Å². The summed E-state index contributed by atoms with van der Waals surface area (Å²) in [5.74, 6) is 1.12. The number of primary amides is 1.